The SMILES string of the molecule is CCOc1ccc(C(O)=C2C(=O)C(=O)N(CC3CCCO3)C23C(=O)N(C)c2ccccc23)cc1. The largest absolute Gasteiger partial charge is 0.507 e. The molecular weight excluding hydrogens is 436 g/mol. The lowest BCUT2D eigenvalue weighted by atomic mass is 9.81. The van der Waals surface area contributed by atoms with Crippen molar-refractivity contribution in [1.29, 1.82) is 0 Å². The van der Waals surface area contributed by atoms with Crippen LogP contribution in [0.1, 0.15) is 30.9 Å². The summed E-state index contributed by atoms with van der Waals surface area (Å²) >= 11 is 0. The van der Waals surface area contributed by atoms with Gasteiger partial charge in [0.1, 0.15) is 11.5 Å². The van der Waals surface area contributed by atoms with Crippen LogP contribution in [0.15, 0.2) is 54.1 Å². The molecule has 0 saturated carbocycles. The van der Waals surface area contributed by atoms with Crippen LogP contribution in [0.5, 0.6) is 5.75 Å². The lowest BCUT2D eigenvalue weighted by molar-refractivity contribution is -0.145. The number of rotatable bonds is 5. The van der Waals surface area contributed by atoms with E-state index in [1.165, 1.54) is 9.80 Å². The molecule has 3 aliphatic rings. The number of Topliss-reactive ketones (excluding diaryl/α,β-unsaturated/α-hetero) is 1. The monoisotopic (exact) mass is 462 g/mol. The van der Waals surface area contributed by atoms with Gasteiger partial charge < -0.3 is 24.4 Å². The molecule has 2 atom stereocenters. The van der Waals surface area contributed by atoms with Gasteiger partial charge in [-0.3, -0.25) is 14.4 Å². The smallest absolute Gasteiger partial charge is 0.296 e. The van der Waals surface area contributed by atoms with E-state index in [0.717, 1.165) is 12.8 Å². The summed E-state index contributed by atoms with van der Waals surface area (Å²) < 4.78 is 11.2. The summed E-state index contributed by atoms with van der Waals surface area (Å²) in [6, 6.07) is 13.6. The summed E-state index contributed by atoms with van der Waals surface area (Å²) in [5, 5.41) is 11.4. The zero-order chi connectivity index (χ0) is 24.0. The Labute approximate surface area is 197 Å². The van der Waals surface area contributed by atoms with E-state index in [0.29, 0.717) is 35.8 Å². The van der Waals surface area contributed by atoms with E-state index in [1.807, 2.05) is 6.92 Å². The number of likely N-dealkylation sites (tertiary alicyclic amines) is 1. The van der Waals surface area contributed by atoms with E-state index in [4.69, 9.17) is 9.47 Å². The van der Waals surface area contributed by atoms with Gasteiger partial charge >= 0.3 is 0 Å². The number of aliphatic hydroxyl groups is 1. The van der Waals surface area contributed by atoms with Crippen molar-refractivity contribution >= 4 is 29.0 Å². The molecule has 2 aromatic carbocycles. The number of amides is 2. The number of nitrogens with zero attached hydrogens (tertiary/aromatic N) is 2. The van der Waals surface area contributed by atoms with Crippen molar-refractivity contribution in [2.75, 3.05) is 31.7 Å². The molecule has 2 unspecified atom stereocenters. The van der Waals surface area contributed by atoms with Gasteiger partial charge in [-0.15, -0.1) is 0 Å². The maximum absolute atomic E-state index is 13.9. The number of ether oxygens (including phenoxy) is 2. The maximum atomic E-state index is 13.9. The molecule has 2 fully saturated rings. The molecule has 0 radical (unpaired) electrons. The second kappa shape index (κ2) is 8.29. The van der Waals surface area contributed by atoms with E-state index >= 15 is 0 Å². The lowest BCUT2D eigenvalue weighted by Gasteiger charge is -2.35. The quantitative estimate of drug-likeness (QED) is 0.417. The number of benzene rings is 2. The molecule has 0 aromatic heterocycles. The van der Waals surface area contributed by atoms with Gasteiger partial charge in [0.2, 0.25) is 0 Å². The van der Waals surface area contributed by atoms with Crippen molar-refractivity contribution < 1.29 is 29.0 Å². The van der Waals surface area contributed by atoms with Gasteiger partial charge in [-0.25, -0.2) is 0 Å². The standard InChI is InChI=1S/C26H26N2O6/c1-3-33-17-12-10-16(11-13-17)22(29)21-23(30)24(31)28(15-18-7-6-14-34-18)26(21)19-8-4-5-9-20(19)27(2)25(26)32/h4-5,8-13,18,29H,3,6-7,14-15H2,1-2H3. The van der Waals surface area contributed by atoms with Gasteiger partial charge in [0.05, 0.1) is 18.3 Å². The van der Waals surface area contributed by atoms with Crippen LogP contribution >= 0.6 is 0 Å². The third-order valence-corrected chi connectivity index (χ3v) is 6.79. The summed E-state index contributed by atoms with van der Waals surface area (Å²) in [5.74, 6) is -1.95. The van der Waals surface area contributed by atoms with E-state index in [-0.39, 0.29) is 18.2 Å². The molecule has 0 bridgehead atoms. The van der Waals surface area contributed by atoms with Gasteiger partial charge in [0, 0.05) is 37.0 Å². The first-order chi connectivity index (χ1) is 16.4. The Balaban J connectivity index is 1.73. The molecule has 3 aliphatic heterocycles. The third kappa shape index (κ3) is 3.05. The van der Waals surface area contributed by atoms with E-state index in [1.54, 1.807) is 55.6 Å². The van der Waals surface area contributed by atoms with Crippen molar-refractivity contribution in [2.24, 2.45) is 0 Å². The molecule has 5 rings (SSSR count). The molecule has 176 valence electrons. The normalized spacial score (nSPS) is 25.5. The van der Waals surface area contributed by atoms with Crippen LogP contribution < -0.4 is 9.64 Å². The predicted molar refractivity (Wildman–Crippen MR) is 124 cm³/mol. The Morgan fingerprint density at radius 1 is 1.15 bits per heavy atom. The Morgan fingerprint density at radius 3 is 2.56 bits per heavy atom. The van der Waals surface area contributed by atoms with E-state index in [2.05, 4.69) is 0 Å². The minimum absolute atomic E-state index is 0.0819. The van der Waals surface area contributed by atoms with Crippen LogP contribution in [0.4, 0.5) is 5.69 Å². The fourth-order valence-corrected chi connectivity index (χ4v) is 5.23. The minimum Gasteiger partial charge on any atom is -0.507 e. The van der Waals surface area contributed by atoms with Crippen LogP contribution in [0, 0.1) is 0 Å². The van der Waals surface area contributed by atoms with Crippen molar-refractivity contribution in [3.8, 4) is 5.75 Å². The zero-order valence-corrected chi connectivity index (χ0v) is 19.1. The van der Waals surface area contributed by atoms with Gasteiger partial charge in [-0.05, 0) is 50.1 Å². The minimum atomic E-state index is -1.76. The highest BCUT2D eigenvalue weighted by Gasteiger charge is 2.66. The number of ketones is 1. The number of likely N-dealkylation sites (N-methyl/N-ethyl adjacent to an activating group) is 1. The molecule has 0 aliphatic carbocycles. The Morgan fingerprint density at radius 2 is 1.88 bits per heavy atom. The fourth-order valence-electron chi connectivity index (χ4n) is 5.23. The number of carbonyl (C=O) groups excluding carboxylic acids is 3. The molecule has 8 heteroatoms. The maximum Gasteiger partial charge on any atom is 0.296 e. The number of aliphatic hydroxyl groups excluding tert-OH is 1. The number of fused-ring (bicyclic) bond motifs is 2. The average Bonchev–Trinajstić information content (AvgIpc) is 3.50. The Bertz CT molecular complexity index is 1200. The molecule has 1 spiro atoms. The van der Waals surface area contributed by atoms with Crippen LogP contribution in [0.3, 0.4) is 0 Å². The molecule has 3 heterocycles. The predicted octanol–water partition coefficient (Wildman–Crippen LogP) is 2.82. The first kappa shape index (κ1) is 22.2. The van der Waals surface area contributed by atoms with Gasteiger partial charge in [0.25, 0.3) is 17.6 Å². The van der Waals surface area contributed by atoms with Crippen LogP contribution in [-0.2, 0) is 24.7 Å². The van der Waals surface area contributed by atoms with Crippen LogP contribution in [0.25, 0.3) is 5.76 Å². The van der Waals surface area contributed by atoms with Crippen molar-refractivity contribution in [3.63, 3.8) is 0 Å². The summed E-state index contributed by atoms with van der Waals surface area (Å²) in [4.78, 5) is 43.5. The summed E-state index contributed by atoms with van der Waals surface area (Å²) in [6.07, 6.45) is 1.29. The second-order valence-corrected chi connectivity index (χ2v) is 8.65. The molecule has 34 heavy (non-hydrogen) atoms. The molecule has 8 nitrogen and oxygen atoms in total. The van der Waals surface area contributed by atoms with Gasteiger partial charge in [0.15, 0.2) is 5.54 Å². The highest BCUT2D eigenvalue weighted by Crippen LogP contribution is 2.53. The van der Waals surface area contributed by atoms with Gasteiger partial charge in [-0.2, -0.15) is 0 Å². The fraction of sp³-hybridized carbons (Fsp3) is 0.346. The topological polar surface area (TPSA) is 96.4 Å². The molecule has 2 amide bonds. The molecular formula is C26H26N2O6. The summed E-state index contributed by atoms with van der Waals surface area (Å²) in [7, 11) is 1.61. The first-order valence-electron chi connectivity index (χ1n) is 11.4. The molecule has 2 saturated heterocycles. The number of carbonyl (C=O) groups is 3. The lowest BCUT2D eigenvalue weighted by Crippen LogP contribution is -2.53. The number of para-hydroxylation sites is 1. The number of anilines is 1. The van der Waals surface area contributed by atoms with Crippen molar-refractivity contribution in [3.05, 3.63) is 65.2 Å². The Hall–Kier alpha value is -3.65. The van der Waals surface area contributed by atoms with Gasteiger partial charge in [-0.1, -0.05) is 18.2 Å². The average molecular weight is 463 g/mol. The zero-order valence-electron chi connectivity index (χ0n) is 19.1. The summed E-state index contributed by atoms with van der Waals surface area (Å²) in [5.41, 5.74) is -0.579. The van der Waals surface area contributed by atoms with Crippen LogP contribution in [-0.4, -0.2) is 60.5 Å². The van der Waals surface area contributed by atoms with Crippen molar-refractivity contribution in [2.45, 2.75) is 31.4 Å². The molecule has 2 aromatic rings. The van der Waals surface area contributed by atoms with E-state index < -0.39 is 28.9 Å². The number of hydrogen-bond acceptors (Lipinski definition) is 6. The van der Waals surface area contributed by atoms with Crippen molar-refractivity contribution in [1.82, 2.24) is 4.90 Å². The second-order valence-electron chi connectivity index (χ2n) is 8.65. The first-order valence-corrected chi connectivity index (χ1v) is 11.4. The van der Waals surface area contributed by atoms with Crippen LogP contribution in [0.2, 0.25) is 0 Å². The Kier molecular flexibility index (Phi) is 5.40. The third-order valence-electron chi connectivity index (χ3n) is 6.79. The highest BCUT2D eigenvalue weighted by molar-refractivity contribution is 6.50. The highest BCUT2D eigenvalue weighted by atomic mass is 16.5. The van der Waals surface area contributed by atoms with E-state index in [9.17, 15) is 19.5 Å². The number of hydrogen-bond donors (Lipinski definition) is 1. The molecule has 1 N–H and O–H groups in total. The summed E-state index contributed by atoms with van der Waals surface area (Å²) in [6.45, 7) is 3.00.